The van der Waals surface area contributed by atoms with Crippen LogP contribution < -0.4 is 5.32 Å². The predicted molar refractivity (Wildman–Crippen MR) is 64.6 cm³/mol. The van der Waals surface area contributed by atoms with Crippen LogP contribution in [0.25, 0.3) is 0 Å². The maximum atomic E-state index is 12.6. The van der Waals surface area contributed by atoms with Gasteiger partial charge >= 0.3 is 0 Å². The van der Waals surface area contributed by atoms with Crippen molar-refractivity contribution in [2.24, 2.45) is 0 Å². The quantitative estimate of drug-likeness (QED) is 0.884. The molecule has 0 heterocycles. The molecule has 17 heavy (non-hydrogen) atoms. The maximum Gasteiger partial charge on any atom is 0.253 e. The minimum atomic E-state index is -2.64. The summed E-state index contributed by atoms with van der Waals surface area (Å²) in [4.78, 5) is 11.8. The molecular formula is C11H9BrClF2NO. The molecule has 0 bridgehead atoms. The van der Waals surface area contributed by atoms with Gasteiger partial charge in [0.05, 0.1) is 10.6 Å². The number of amides is 1. The summed E-state index contributed by atoms with van der Waals surface area (Å²) in [5.41, 5.74) is 0.288. The van der Waals surface area contributed by atoms with Gasteiger partial charge in [0.15, 0.2) is 0 Å². The Kier molecular flexibility index (Phi) is 3.41. The summed E-state index contributed by atoms with van der Waals surface area (Å²) in [6.07, 6.45) is -0.602. The maximum absolute atomic E-state index is 12.6. The van der Waals surface area contributed by atoms with Crippen LogP contribution in [0.3, 0.4) is 0 Å². The Balaban J connectivity index is 2.03. The zero-order valence-corrected chi connectivity index (χ0v) is 11.0. The molecule has 1 aromatic rings. The van der Waals surface area contributed by atoms with E-state index in [4.69, 9.17) is 11.6 Å². The monoisotopic (exact) mass is 323 g/mol. The van der Waals surface area contributed by atoms with E-state index in [2.05, 4.69) is 21.2 Å². The summed E-state index contributed by atoms with van der Waals surface area (Å²) < 4.78 is 25.9. The lowest BCUT2D eigenvalue weighted by Gasteiger charge is -2.35. The molecule has 0 unspecified atom stereocenters. The highest BCUT2D eigenvalue weighted by Crippen LogP contribution is 2.37. The van der Waals surface area contributed by atoms with Crippen LogP contribution in [0, 0.1) is 0 Å². The molecule has 1 aliphatic carbocycles. The van der Waals surface area contributed by atoms with E-state index in [0.717, 1.165) is 0 Å². The number of nitrogens with one attached hydrogen (secondary N) is 1. The van der Waals surface area contributed by atoms with Crippen molar-refractivity contribution in [1.29, 1.82) is 0 Å². The van der Waals surface area contributed by atoms with E-state index < -0.39 is 17.9 Å². The van der Waals surface area contributed by atoms with Crippen LogP contribution in [0.5, 0.6) is 0 Å². The van der Waals surface area contributed by atoms with E-state index in [1.807, 2.05) is 0 Å². The molecule has 92 valence electrons. The molecule has 1 N–H and O–H groups in total. The van der Waals surface area contributed by atoms with Gasteiger partial charge in [-0.1, -0.05) is 27.5 Å². The molecule has 0 aliphatic heterocycles. The largest absolute Gasteiger partial charge is 0.349 e. The summed E-state index contributed by atoms with van der Waals surface area (Å²) in [6, 6.07) is 4.38. The zero-order valence-electron chi connectivity index (χ0n) is 8.64. The lowest BCUT2D eigenvalue weighted by Crippen LogP contribution is -2.50. The second kappa shape index (κ2) is 4.53. The van der Waals surface area contributed by atoms with Crippen molar-refractivity contribution >= 4 is 33.4 Å². The molecule has 0 saturated heterocycles. The second-order valence-corrected chi connectivity index (χ2v) is 5.38. The minimum absolute atomic E-state index is 0.288. The van der Waals surface area contributed by atoms with Gasteiger partial charge in [0.25, 0.3) is 11.8 Å². The first-order valence-electron chi connectivity index (χ1n) is 5.01. The summed E-state index contributed by atoms with van der Waals surface area (Å²) in [5, 5.41) is 2.83. The fourth-order valence-corrected chi connectivity index (χ4v) is 2.26. The molecule has 0 aromatic heterocycles. The molecule has 1 aromatic carbocycles. The van der Waals surface area contributed by atoms with Gasteiger partial charge in [-0.25, -0.2) is 8.78 Å². The summed E-state index contributed by atoms with van der Waals surface area (Å²) in [7, 11) is 0. The molecule has 0 radical (unpaired) electrons. The summed E-state index contributed by atoms with van der Waals surface area (Å²) in [6.45, 7) is 0. The Morgan fingerprint density at radius 3 is 2.71 bits per heavy atom. The molecule has 6 heteroatoms. The Bertz CT molecular complexity index is 459. The van der Waals surface area contributed by atoms with E-state index in [-0.39, 0.29) is 18.4 Å². The van der Waals surface area contributed by atoms with Gasteiger partial charge in [-0.2, -0.15) is 0 Å². The van der Waals surface area contributed by atoms with Gasteiger partial charge in [-0.05, 0) is 18.2 Å². The van der Waals surface area contributed by atoms with Gasteiger partial charge < -0.3 is 5.32 Å². The van der Waals surface area contributed by atoms with Gasteiger partial charge in [-0.15, -0.1) is 0 Å². The van der Waals surface area contributed by atoms with Crippen LogP contribution in [0.2, 0.25) is 5.02 Å². The zero-order chi connectivity index (χ0) is 12.6. The molecule has 1 amide bonds. The van der Waals surface area contributed by atoms with Gasteiger partial charge in [-0.3, -0.25) is 4.79 Å². The molecule has 1 saturated carbocycles. The molecule has 0 atom stereocenters. The Labute approximate surface area is 110 Å². The number of hydrogen-bond acceptors (Lipinski definition) is 1. The van der Waals surface area contributed by atoms with Crippen molar-refractivity contribution in [2.75, 3.05) is 0 Å². The number of benzene rings is 1. The van der Waals surface area contributed by atoms with E-state index in [9.17, 15) is 13.6 Å². The van der Waals surface area contributed by atoms with Crippen molar-refractivity contribution in [1.82, 2.24) is 5.32 Å². The number of carbonyl (C=O) groups excluding carboxylic acids is 1. The lowest BCUT2D eigenvalue weighted by molar-refractivity contribution is -0.0901. The van der Waals surface area contributed by atoms with E-state index in [1.54, 1.807) is 18.2 Å². The third-order valence-electron chi connectivity index (χ3n) is 2.60. The first-order valence-corrected chi connectivity index (χ1v) is 6.18. The molecule has 2 nitrogen and oxygen atoms in total. The fraction of sp³-hybridized carbons (Fsp3) is 0.364. The van der Waals surface area contributed by atoms with Gasteiger partial charge in [0.1, 0.15) is 0 Å². The van der Waals surface area contributed by atoms with Crippen molar-refractivity contribution in [3.05, 3.63) is 33.3 Å². The highest BCUT2D eigenvalue weighted by atomic mass is 79.9. The minimum Gasteiger partial charge on any atom is -0.349 e. The van der Waals surface area contributed by atoms with E-state index in [0.29, 0.717) is 9.50 Å². The average molecular weight is 325 g/mol. The first kappa shape index (κ1) is 12.8. The SMILES string of the molecule is O=C(NC1CC(F)(F)C1)c1cc(Br)ccc1Cl. The topological polar surface area (TPSA) is 29.1 Å². The van der Waals surface area contributed by atoms with Crippen molar-refractivity contribution in [3.63, 3.8) is 0 Å². The molecular weight excluding hydrogens is 315 g/mol. The number of alkyl halides is 2. The summed E-state index contributed by atoms with van der Waals surface area (Å²) >= 11 is 9.08. The van der Waals surface area contributed by atoms with Crippen molar-refractivity contribution in [3.8, 4) is 0 Å². The highest BCUT2D eigenvalue weighted by Gasteiger charge is 2.46. The number of carbonyl (C=O) groups is 1. The van der Waals surface area contributed by atoms with E-state index >= 15 is 0 Å². The summed E-state index contributed by atoms with van der Waals surface area (Å²) in [5.74, 6) is -3.06. The van der Waals surface area contributed by atoms with Crippen LogP contribution >= 0.6 is 27.5 Å². The van der Waals surface area contributed by atoms with Crippen LogP contribution in [-0.4, -0.2) is 17.9 Å². The number of halogens is 4. The standard InChI is InChI=1S/C11H9BrClF2NO/c12-6-1-2-9(13)8(3-6)10(17)16-7-4-11(14,15)5-7/h1-3,7H,4-5H2,(H,16,17). The third kappa shape index (κ3) is 2.96. The Morgan fingerprint density at radius 2 is 2.12 bits per heavy atom. The van der Waals surface area contributed by atoms with Gasteiger partial charge in [0, 0.05) is 23.4 Å². The Morgan fingerprint density at radius 1 is 1.47 bits per heavy atom. The van der Waals surface area contributed by atoms with Gasteiger partial charge in [0.2, 0.25) is 0 Å². The molecule has 1 aliphatic rings. The Hall–Kier alpha value is -0.680. The van der Waals surface area contributed by atoms with Crippen LogP contribution in [0.1, 0.15) is 23.2 Å². The normalized spacial score (nSPS) is 18.6. The van der Waals surface area contributed by atoms with Crippen LogP contribution in [0.4, 0.5) is 8.78 Å². The van der Waals surface area contributed by atoms with Crippen LogP contribution in [0.15, 0.2) is 22.7 Å². The average Bonchev–Trinajstić information content (AvgIpc) is 2.19. The lowest BCUT2D eigenvalue weighted by atomic mass is 9.88. The van der Waals surface area contributed by atoms with Crippen LogP contribution in [-0.2, 0) is 0 Å². The van der Waals surface area contributed by atoms with Crippen molar-refractivity contribution < 1.29 is 13.6 Å². The van der Waals surface area contributed by atoms with Crippen molar-refractivity contribution in [2.45, 2.75) is 24.8 Å². The van der Waals surface area contributed by atoms with E-state index in [1.165, 1.54) is 0 Å². The first-order chi connectivity index (χ1) is 7.87. The smallest absolute Gasteiger partial charge is 0.253 e. The molecule has 0 spiro atoms. The highest BCUT2D eigenvalue weighted by molar-refractivity contribution is 9.10. The number of rotatable bonds is 2. The number of hydrogen-bond donors (Lipinski definition) is 1. The third-order valence-corrected chi connectivity index (χ3v) is 3.42. The molecule has 1 fully saturated rings. The fourth-order valence-electron chi connectivity index (χ4n) is 1.70. The molecule has 2 rings (SSSR count). The predicted octanol–water partition coefficient (Wildman–Crippen LogP) is 3.63. The second-order valence-electron chi connectivity index (χ2n) is 4.06.